The fraction of sp³-hybridized carbons (Fsp3) is 0.500. The molecule has 2 N–H and O–H groups in total. The summed E-state index contributed by atoms with van der Waals surface area (Å²) < 4.78 is 0. The van der Waals surface area contributed by atoms with Gasteiger partial charge in [-0.2, -0.15) is 0 Å². The molecule has 2 nitrogen and oxygen atoms in total. The van der Waals surface area contributed by atoms with Gasteiger partial charge in [-0.05, 0) is 100 Å². The average molecular weight is 515 g/mol. The Kier molecular flexibility index (Phi) is 11.3. The normalized spacial score (nSPS) is 12.9. The van der Waals surface area contributed by atoms with E-state index in [-0.39, 0.29) is 11.5 Å². The van der Waals surface area contributed by atoms with Crippen molar-refractivity contribution in [2.24, 2.45) is 11.8 Å². The minimum Gasteiger partial charge on any atom is -0.507 e. The lowest BCUT2D eigenvalue weighted by molar-refractivity contribution is 0.478. The molecule has 206 valence electrons. The van der Waals surface area contributed by atoms with E-state index in [0.717, 1.165) is 48.3 Å². The van der Waals surface area contributed by atoms with Crippen molar-refractivity contribution in [3.63, 3.8) is 0 Å². The van der Waals surface area contributed by atoms with Gasteiger partial charge in [0.15, 0.2) is 0 Å². The van der Waals surface area contributed by atoms with E-state index in [2.05, 4.69) is 78.0 Å². The summed E-state index contributed by atoms with van der Waals surface area (Å²) in [4.78, 5) is 0. The summed E-state index contributed by atoms with van der Waals surface area (Å²) in [7, 11) is 0. The van der Waals surface area contributed by atoms with Crippen LogP contribution in [0.25, 0.3) is 21.5 Å². The molecule has 0 radical (unpaired) electrons. The number of aromatic hydroxyl groups is 2. The zero-order chi connectivity index (χ0) is 27.7. The SMILES string of the molecule is C/C(=C\CCc1ccc2c(O)c3ccc(CC/C=C(\C)CCCC(C)C)cc3c(O)c2c1)CCCC(C)C. The predicted octanol–water partition coefficient (Wildman–Crippen LogP) is 10.8. The molecule has 0 heterocycles. The molecule has 0 unspecified atom stereocenters. The maximum Gasteiger partial charge on any atom is 0.131 e. The molecule has 0 bridgehead atoms. The van der Waals surface area contributed by atoms with Crippen molar-refractivity contribution in [1.29, 1.82) is 0 Å². The Balaban J connectivity index is 1.72. The van der Waals surface area contributed by atoms with Crippen molar-refractivity contribution in [2.75, 3.05) is 0 Å². The molecular formula is C36H50O2. The number of phenolic OH excluding ortho intramolecular Hbond substituents is 2. The van der Waals surface area contributed by atoms with Gasteiger partial charge in [0.05, 0.1) is 0 Å². The lowest BCUT2D eigenvalue weighted by Crippen LogP contribution is -1.90. The molecule has 3 aromatic carbocycles. The van der Waals surface area contributed by atoms with Crippen LogP contribution < -0.4 is 0 Å². The number of benzene rings is 3. The number of allylic oxidation sites excluding steroid dienone is 4. The van der Waals surface area contributed by atoms with E-state index in [1.165, 1.54) is 60.8 Å². The van der Waals surface area contributed by atoms with Crippen molar-refractivity contribution < 1.29 is 10.2 Å². The highest BCUT2D eigenvalue weighted by atomic mass is 16.3. The zero-order valence-electron chi connectivity index (χ0n) is 24.7. The molecule has 0 spiro atoms. The number of aryl methyl sites for hydroxylation is 2. The first-order chi connectivity index (χ1) is 18.2. The van der Waals surface area contributed by atoms with Gasteiger partial charge < -0.3 is 10.2 Å². The third-order valence-corrected chi connectivity index (χ3v) is 7.75. The predicted molar refractivity (Wildman–Crippen MR) is 166 cm³/mol. The summed E-state index contributed by atoms with van der Waals surface area (Å²) in [5, 5.41) is 25.2. The van der Waals surface area contributed by atoms with Crippen molar-refractivity contribution in [2.45, 2.75) is 106 Å². The number of fused-ring (bicyclic) bond motifs is 2. The number of rotatable bonds is 14. The van der Waals surface area contributed by atoms with E-state index < -0.39 is 0 Å². The lowest BCUT2D eigenvalue weighted by atomic mass is 9.95. The van der Waals surface area contributed by atoms with Gasteiger partial charge in [-0.3, -0.25) is 0 Å². The standard InChI is InChI=1S/C36H50O2/c1-25(2)11-7-13-27(5)15-9-17-29-19-21-31-33(23-29)36(38)34-24-30(20-22-32(34)35(31)37)18-10-16-28(6)14-8-12-26(3)4/h15-16,19-26,37-38H,7-14,17-18H2,1-6H3/b27-15+,28-16+. The summed E-state index contributed by atoms with van der Waals surface area (Å²) in [6, 6.07) is 12.2. The number of hydrogen-bond acceptors (Lipinski definition) is 2. The quantitative estimate of drug-likeness (QED) is 0.128. The van der Waals surface area contributed by atoms with Crippen LogP contribution in [0.3, 0.4) is 0 Å². The largest absolute Gasteiger partial charge is 0.507 e. The molecule has 0 aliphatic carbocycles. The van der Waals surface area contributed by atoms with Gasteiger partial charge in [0.2, 0.25) is 0 Å². The summed E-state index contributed by atoms with van der Waals surface area (Å²) in [5.41, 5.74) is 5.30. The van der Waals surface area contributed by atoms with Crippen LogP contribution in [-0.2, 0) is 12.8 Å². The van der Waals surface area contributed by atoms with E-state index in [9.17, 15) is 10.2 Å². The third-order valence-electron chi connectivity index (χ3n) is 7.75. The molecule has 3 rings (SSSR count). The molecule has 0 aliphatic heterocycles. The highest BCUT2D eigenvalue weighted by molar-refractivity contribution is 6.10. The van der Waals surface area contributed by atoms with Gasteiger partial charge >= 0.3 is 0 Å². The smallest absolute Gasteiger partial charge is 0.131 e. The van der Waals surface area contributed by atoms with Crippen LogP contribution in [0.15, 0.2) is 59.7 Å². The maximum atomic E-state index is 11.3. The first-order valence-electron chi connectivity index (χ1n) is 14.9. The van der Waals surface area contributed by atoms with Gasteiger partial charge in [0.25, 0.3) is 0 Å². The summed E-state index contributed by atoms with van der Waals surface area (Å²) in [6.07, 6.45) is 16.0. The molecule has 0 saturated carbocycles. The topological polar surface area (TPSA) is 40.5 Å². The monoisotopic (exact) mass is 514 g/mol. The van der Waals surface area contributed by atoms with Crippen LogP contribution in [-0.4, -0.2) is 10.2 Å². The van der Waals surface area contributed by atoms with Crippen LogP contribution in [0.4, 0.5) is 0 Å². The second-order valence-corrected chi connectivity index (χ2v) is 12.2. The zero-order valence-corrected chi connectivity index (χ0v) is 24.7. The number of phenols is 2. The number of hydrogen-bond donors (Lipinski definition) is 2. The Bertz CT molecular complexity index is 1160. The highest BCUT2D eigenvalue weighted by Crippen LogP contribution is 2.42. The fourth-order valence-electron chi connectivity index (χ4n) is 5.34. The molecule has 3 aromatic rings. The molecule has 0 aliphatic rings. The Morgan fingerprint density at radius 1 is 0.632 bits per heavy atom. The molecule has 0 amide bonds. The van der Waals surface area contributed by atoms with Crippen molar-refractivity contribution in [3.8, 4) is 11.5 Å². The third kappa shape index (κ3) is 8.65. The second kappa shape index (κ2) is 14.4. The van der Waals surface area contributed by atoms with Crippen LogP contribution in [0.5, 0.6) is 11.5 Å². The van der Waals surface area contributed by atoms with Gasteiger partial charge in [0, 0.05) is 21.5 Å². The van der Waals surface area contributed by atoms with E-state index >= 15 is 0 Å². The lowest BCUT2D eigenvalue weighted by Gasteiger charge is -2.12. The molecule has 0 aromatic heterocycles. The molecular weight excluding hydrogens is 464 g/mol. The Morgan fingerprint density at radius 3 is 1.42 bits per heavy atom. The molecule has 2 heteroatoms. The van der Waals surface area contributed by atoms with E-state index in [4.69, 9.17) is 0 Å². The first kappa shape index (κ1) is 29.8. The molecule has 0 saturated heterocycles. The van der Waals surface area contributed by atoms with Gasteiger partial charge in [-0.15, -0.1) is 0 Å². The van der Waals surface area contributed by atoms with Gasteiger partial charge in [-0.25, -0.2) is 0 Å². The van der Waals surface area contributed by atoms with Gasteiger partial charge in [-0.1, -0.05) is 88.1 Å². The summed E-state index contributed by atoms with van der Waals surface area (Å²) in [5.74, 6) is 2.06. The molecule has 0 fully saturated rings. The Labute approximate surface area is 231 Å². The Hall–Kier alpha value is -2.74. The van der Waals surface area contributed by atoms with Crippen molar-refractivity contribution >= 4 is 21.5 Å². The van der Waals surface area contributed by atoms with Crippen LogP contribution in [0.2, 0.25) is 0 Å². The maximum absolute atomic E-state index is 11.3. The fourth-order valence-corrected chi connectivity index (χ4v) is 5.34. The second-order valence-electron chi connectivity index (χ2n) is 12.2. The molecule has 0 atom stereocenters. The van der Waals surface area contributed by atoms with E-state index in [1.807, 2.05) is 12.1 Å². The average Bonchev–Trinajstić information content (AvgIpc) is 2.86. The Morgan fingerprint density at radius 2 is 1.03 bits per heavy atom. The summed E-state index contributed by atoms with van der Waals surface area (Å²) >= 11 is 0. The van der Waals surface area contributed by atoms with Crippen molar-refractivity contribution in [3.05, 3.63) is 70.8 Å². The minimum atomic E-state index is 0.257. The van der Waals surface area contributed by atoms with Gasteiger partial charge in [0.1, 0.15) is 11.5 Å². The van der Waals surface area contributed by atoms with E-state index in [1.54, 1.807) is 0 Å². The minimum absolute atomic E-state index is 0.257. The van der Waals surface area contributed by atoms with Crippen LogP contribution >= 0.6 is 0 Å². The first-order valence-corrected chi connectivity index (χ1v) is 14.9. The van der Waals surface area contributed by atoms with Crippen molar-refractivity contribution in [1.82, 2.24) is 0 Å². The highest BCUT2D eigenvalue weighted by Gasteiger charge is 2.14. The van der Waals surface area contributed by atoms with Crippen LogP contribution in [0.1, 0.15) is 104 Å². The molecule has 38 heavy (non-hydrogen) atoms. The van der Waals surface area contributed by atoms with Crippen LogP contribution in [0, 0.1) is 11.8 Å². The van der Waals surface area contributed by atoms with E-state index in [0.29, 0.717) is 10.8 Å². The summed E-state index contributed by atoms with van der Waals surface area (Å²) in [6.45, 7) is 13.6.